The minimum Gasteiger partial charge on any atom is -0.299 e. The lowest BCUT2D eigenvalue weighted by Crippen LogP contribution is -2.33. The molecule has 0 radical (unpaired) electrons. The van der Waals surface area contributed by atoms with Gasteiger partial charge in [-0.15, -0.1) is 0 Å². The first-order valence-electron chi connectivity index (χ1n) is 5.65. The zero-order valence-electron chi connectivity index (χ0n) is 9.16. The lowest BCUT2D eigenvalue weighted by Gasteiger charge is -2.33. The predicted octanol–water partition coefficient (Wildman–Crippen LogP) is 3.02. The van der Waals surface area contributed by atoms with Crippen LogP contribution in [-0.4, -0.2) is 18.0 Å². The van der Waals surface area contributed by atoms with Crippen molar-refractivity contribution in [2.75, 3.05) is 13.1 Å². The van der Waals surface area contributed by atoms with Gasteiger partial charge < -0.3 is 0 Å². The van der Waals surface area contributed by atoms with Crippen molar-refractivity contribution in [2.24, 2.45) is 0 Å². The van der Waals surface area contributed by atoms with Gasteiger partial charge in [0.1, 0.15) is 0 Å². The Morgan fingerprint density at radius 1 is 1.29 bits per heavy atom. The highest BCUT2D eigenvalue weighted by Gasteiger charge is 2.22. The third-order valence-electron chi connectivity index (χ3n) is 3.31. The van der Waals surface area contributed by atoms with E-state index in [1.807, 2.05) is 0 Å². The first-order valence-corrected chi connectivity index (χ1v) is 5.65. The van der Waals surface area contributed by atoms with E-state index in [2.05, 4.69) is 43.0 Å². The van der Waals surface area contributed by atoms with Crippen molar-refractivity contribution in [1.29, 1.82) is 0 Å². The first kappa shape index (κ1) is 9.72. The fraction of sp³-hybridized carbons (Fsp3) is 0.538. The van der Waals surface area contributed by atoms with Gasteiger partial charge in [-0.3, -0.25) is 4.90 Å². The van der Waals surface area contributed by atoms with Gasteiger partial charge in [0.25, 0.3) is 0 Å². The van der Waals surface area contributed by atoms with E-state index in [9.17, 15) is 0 Å². The van der Waals surface area contributed by atoms with Crippen LogP contribution in [0.3, 0.4) is 0 Å². The van der Waals surface area contributed by atoms with E-state index in [0.29, 0.717) is 0 Å². The van der Waals surface area contributed by atoms with Crippen LogP contribution in [0.25, 0.3) is 0 Å². The van der Waals surface area contributed by atoms with Crippen molar-refractivity contribution >= 4 is 0 Å². The molecule has 1 unspecified atom stereocenters. The molecule has 0 bridgehead atoms. The Kier molecular flexibility index (Phi) is 2.87. The maximum Gasteiger partial charge on any atom is 0.0236 e. The molecule has 1 atom stereocenters. The van der Waals surface area contributed by atoms with Gasteiger partial charge in [-0.2, -0.15) is 0 Å². The summed E-state index contributed by atoms with van der Waals surface area (Å²) in [4.78, 5) is 2.54. The second-order valence-electron chi connectivity index (χ2n) is 4.13. The van der Waals surface area contributed by atoms with Crippen LogP contribution in [-0.2, 0) is 6.54 Å². The van der Waals surface area contributed by atoms with Crippen LogP contribution >= 0.6 is 0 Å². The summed E-state index contributed by atoms with van der Waals surface area (Å²) >= 11 is 0. The van der Waals surface area contributed by atoms with Crippen LogP contribution in [0, 0.1) is 0 Å². The molecular formula is C13H19N. The second-order valence-corrected chi connectivity index (χ2v) is 4.13. The summed E-state index contributed by atoms with van der Waals surface area (Å²) in [7, 11) is 0. The van der Waals surface area contributed by atoms with Crippen LogP contribution < -0.4 is 0 Å². The Hall–Kier alpha value is -0.820. The van der Waals surface area contributed by atoms with Crippen molar-refractivity contribution in [1.82, 2.24) is 4.90 Å². The van der Waals surface area contributed by atoms with E-state index in [1.165, 1.54) is 25.1 Å². The highest BCUT2D eigenvalue weighted by Crippen LogP contribution is 2.29. The maximum atomic E-state index is 2.54. The quantitative estimate of drug-likeness (QED) is 0.691. The Morgan fingerprint density at radius 3 is 2.79 bits per heavy atom. The zero-order valence-corrected chi connectivity index (χ0v) is 9.16. The number of fused-ring (bicyclic) bond motifs is 1. The van der Waals surface area contributed by atoms with Crippen molar-refractivity contribution in [3.8, 4) is 0 Å². The molecule has 1 aliphatic heterocycles. The molecule has 0 aromatic heterocycles. The predicted molar refractivity (Wildman–Crippen MR) is 60.4 cm³/mol. The molecule has 0 saturated carbocycles. The molecule has 2 rings (SSSR count). The zero-order chi connectivity index (χ0) is 9.97. The molecule has 0 amide bonds. The van der Waals surface area contributed by atoms with E-state index in [1.54, 1.807) is 5.56 Å². The number of benzene rings is 1. The van der Waals surface area contributed by atoms with Gasteiger partial charge in [0.15, 0.2) is 0 Å². The normalized spacial score (nSPS) is 22.0. The monoisotopic (exact) mass is 189 g/mol. The average Bonchev–Trinajstić information content (AvgIpc) is 2.27. The van der Waals surface area contributed by atoms with Gasteiger partial charge >= 0.3 is 0 Å². The molecular weight excluding hydrogens is 170 g/mol. The second kappa shape index (κ2) is 4.14. The van der Waals surface area contributed by atoms with Crippen LogP contribution in [0.4, 0.5) is 0 Å². The van der Waals surface area contributed by atoms with Crippen molar-refractivity contribution < 1.29 is 0 Å². The fourth-order valence-electron chi connectivity index (χ4n) is 2.38. The Labute approximate surface area is 86.7 Å². The number of nitrogens with zero attached hydrogens (tertiary/aromatic N) is 1. The van der Waals surface area contributed by atoms with E-state index >= 15 is 0 Å². The Balaban J connectivity index is 2.31. The smallest absolute Gasteiger partial charge is 0.0236 e. The van der Waals surface area contributed by atoms with Crippen molar-refractivity contribution in [3.05, 3.63) is 35.4 Å². The summed E-state index contributed by atoms with van der Waals surface area (Å²) in [6, 6.07) is 8.91. The van der Waals surface area contributed by atoms with Crippen LogP contribution in [0.5, 0.6) is 0 Å². The summed E-state index contributed by atoms with van der Waals surface area (Å²) in [5.41, 5.74) is 3.12. The number of rotatable bonds is 2. The van der Waals surface area contributed by atoms with Crippen LogP contribution in [0.2, 0.25) is 0 Å². The van der Waals surface area contributed by atoms with E-state index in [-0.39, 0.29) is 0 Å². The molecule has 14 heavy (non-hydrogen) atoms. The summed E-state index contributed by atoms with van der Waals surface area (Å²) in [5, 5.41) is 0. The molecule has 1 aromatic rings. The number of hydrogen-bond donors (Lipinski definition) is 0. The fourth-order valence-corrected chi connectivity index (χ4v) is 2.38. The van der Waals surface area contributed by atoms with E-state index in [4.69, 9.17) is 0 Å². The molecule has 0 aliphatic carbocycles. The molecule has 0 saturated heterocycles. The molecule has 0 spiro atoms. The topological polar surface area (TPSA) is 3.24 Å². The van der Waals surface area contributed by atoms with Crippen molar-refractivity contribution in [3.63, 3.8) is 0 Å². The molecule has 0 N–H and O–H groups in total. The maximum absolute atomic E-state index is 2.54. The van der Waals surface area contributed by atoms with E-state index in [0.717, 1.165) is 12.5 Å². The molecule has 1 aromatic carbocycles. The summed E-state index contributed by atoms with van der Waals surface area (Å²) < 4.78 is 0. The molecule has 76 valence electrons. The molecule has 1 heteroatoms. The van der Waals surface area contributed by atoms with Gasteiger partial charge in [0.2, 0.25) is 0 Å². The molecule has 1 heterocycles. The van der Waals surface area contributed by atoms with Gasteiger partial charge in [-0.1, -0.05) is 38.1 Å². The lowest BCUT2D eigenvalue weighted by atomic mass is 9.88. The highest BCUT2D eigenvalue weighted by atomic mass is 15.1. The number of likely N-dealkylation sites (N-methyl/N-ethyl adjacent to an activating group) is 1. The van der Waals surface area contributed by atoms with Gasteiger partial charge in [0.05, 0.1) is 0 Å². The SMILES string of the molecule is CCC1CN(CC)Cc2ccccc21. The van der Waals surface area contributed by atoms with Gasteiger partial charge in [-0.05, 0) is 30.0 Å². The Morgan fingerprint density at radius 2 is 2.07 bits per heavy atom. The average molecular weight is 189 g/mol. The van der Waals surface area contributed by atoms with E-state index < -0.39 is 0 Å². The lowest BCUT2D eigenvalue weighted by molar-refractivity contribution is 0.239. The number of hydrogen-bond acceptors (Lipinski definition) is 1. The minimum atomic E-state index is 0.750. The largest absolute Gasteiger partial charge is 0.299 e. The van der Waals surface area contributed by atoms with Crippen LogP contribution in [0.15, 0.2) is 24.3 Å². The first-order chi connectivity index (χ1) is 6.85. The molecule has 1 nitrogen and oxygen atoms in total. The standard InChI is InChI=1S/C13H19N/c1-3-11-9-14(4-2)10-12-7-5-6-8-13(11)12/h5-8,11H,3-4,9-10H2,1-2H3. The minimum absolute atomic E-state index is 0.750. The van der Waals surface area contributed by atoms with Crippen LogP contribution in [0.1, 0.15) is 37.3 Å². The highest BCUT2D eigenvalue weighted by molar-refractivity contribution is 5.32. The molecule has 1 aliphatic rings. The van der Waals surface area contributed by atoms with Gasteiger partial charge in [0, 0.05) is 13.1 Å². The third kappa shape index (κ3) is 1.69. The molecule has 0 fully saturated rings. The van der Waals surface area contributed by atoms with Crippen molar-refractivity contribution in [2.45, 2.75) is 32.7 Å². The summed E-state index contributed by atoms with van der Waals surface area (Å²) in [6.45, 7) is 8.10. The summed E-state index contributed by atoms with van der Waals surface area (Å²) in [5.74, 6) is 0.750. The Bertz CT molecular complexity index is 306. The summed E-state index contributed by atoms with van der Waals surface area (Å²) in [6.07, 6.45) is 1.26. The third-order valence-corrected chi connectivity index (χ3v) is 3.31. The van der Waals surface area contributed by atoms with Gasteiger partial charge in [-0.25, -0.2) is 0 Å².